The van der Waals surface area contributed by atoms with E-state index in [0.717, 1.165) is 0 Å². The highest BCUT2D eigenvalue weighted by atomic mass is 15.2. The minimum absolute atomic E-state index is 0.235. The highest BCUT2D eigenvalue weighted by molar-refractivity contribution is 5.34. The van der Waals surface area contributed by atoms with Crippen LogP contribution in [-0.2, 0) is 12.5 Å². The maximum absolute atomic E-state index is 4.33. The second kappa shape index (κ2) is 4.82. The fourth-order valence-corrected chi connectivity index (χ4v) is 3.42. The third-order valence-corrected chi connectivity index (χ3v) is 4.49. The standard InChI is InChI=1S/C16H21N3/c1-17-15(13-11-18-19(2)12-13)16(9-6-10-16)14-7-4-3-5-8-14/h3-5,7-8,11-12,15,17H,6,9-10H2,1-2H3. The molecule has 0 amide bonds. The average Bonchev–Trinajstić information content (AvgIpc) is 2.81. The van der Waals surface area contributed by atoms with Crippen LogP contribution < -0.4 is 5.32 Å². The lowest BCUT2D eigenvalue weighted by Gasteiger charge is -2.48. The summed E-state index contributed by atoms with van der Waals surface area (Å²) < 4.78 is 1.89. The van der Waals surface area contributed by atoms with E-state index in [4.69, 9.17) is 0 Å². The van der Waals surface area contributed by atoms with Crippen LogP contribution >= 0.6 is 0 Å². The lowest BCUT2D eigenvalue weighted by molar-refractivity contribution is 0.175. The summed E-state index contributed by atoms with van der Waals surface area (Å²) in [5.74, 6) is 0. The maximum Gasteiger partial charge on any atom is 0.0537 e. The van der Waals surface area contributed by atoms with Crippen molar-refractivity contribution in [1.29, 1.82) is 0 Å². The zero-order valence-electron chi connectivity index (χ0n) is 11.6. The Balaban J connectivity index is 2.01. The Bertz CT molecular complexity index is 540. The summed E-state index contributed by atoms with van der Waals surface area (Å²) in [5.41, 5.74) is 2.97. The molecule has 0 saturated heterocycles. The van der Waals surface area contributed by atoms with Gasteiger partial charge in [-0.3, -0.25) is 4.68 Å². The molecule has 1 N–H and O–H groups in total. The van der Waals surface area contributed by atoms with Crippen LogP contribution in [0.3, 0.4) is 0 Å². The van der Waals surface area contributed by atoms with E-state index in [9.17, 15) is 0 Å². The molecule has 3 nitrogen and oxygen atoms in total. The van der Waals surface area contributed by atoms with Gasteiger partial charge in [-0.1, -0.05) is 36.8 Å². The van der Waals surface area contributed by atoms with Crippen molar-refractivity contribution in [3.8, 4) is 0 Å². The Morgan fingerprint density at radius 2 is 2.00 bits per heavy atom. The molecule has 1 saturated carbocycles. The van der Waals surface area contributed by atoms with E-state index in [0.29, 0.717) is 6.04 Å². The number of aromatic nitrogens is 2. The van der Waals surface area contributed by atoms with Crippen molar-refractivity contribution in [2.75, 3.05) is 7.05 Å². The minimum atomic E-state index is 0.235. The van der Waals surface area contributed by atoms with E-state index < -0.39 is 0 Å². The van der Waals surface area contributed by atoms with Crippen molar-refractivity contribution in [3.05, 3.63) is 53.9 Å². The van der Waals surface area contributed by atoms with Gasteiger partial charge in [0.1, 0.15) is 0 Å². The SMILES string of the molecule is CNC(c1cnn(C)c1)C1(c2ccccc2)CCC1. The molecule has 2 aromatic rings. The van der Waals surface area contributed by atoms with E-state index in [-0.39, 0.29) is 5.41 Å². The van der Waals surface area contributed by atoms with Gasteiger partial charge in [0, 0.05) is 30.3 Å². The summed E-state index contributed by atoms with van der Waals surface area (Å²) >= 11 is 0. The van der Waals surface area contributed by atoms with Gasteiger partial charge >= 0.3 is 0 Å². The third kappa shape index (κ3) is 1.98. The molecule has 1 aliphatic carbocycles. The summed E-state index contributed by atoms with van der Waals surface area (Å²) in [6, 6.07) is 11.3. The molecule has 3 rings (SSSR count). The van der Waals surface area contributed by atoms with Crippen molar-refractivity contribution in [3.63, 3.8) is 0 Å². The van der Waals surface area contributed by atoms with Gasteiger partial charge in [0.05, 0.1) is 6.20 Å². The summed E-state index contributed by atoms with van der Waals surface area (Å²) in [4.78, 5) is 0. The summed E-state index contributed by atoms with van der Waals surface area (Å²) in [7, 11) is 4.03. The molecule has 1 aliphatic rings. The summed E-state index contributed by atoms with van der Waals surface area (Å²) in [5, 5.41) is 7.85. The lowest BCUT2D eigenvalue weighted by Crippen LogP contribution is -2.45. The molecular formula is C16H21N3. The normalized spacial score (nSPS) is 18.8. The van der Waals surface area contributed by atoms with Gasteiger partial charge < -0.3 is 5.32 Å². The maximum atomic E-state index is 4.33. The van der Waals surface area contributed by atoms with Gasteiger partial charge in [0.2, 0.25) is 0 Å². The second-order valence-electron chi connectivity index (χ2n) is 5.54. The Morgan fingerprint density at radius 3 is 2.47 bits per heavy atom. The second-order valence-corrected chi connectivity index (χ2v) is 5.54. The largest absolute Gasteiger partial charge is 0.312 e. The summed E-state index contributed by atoms with van der Waals surface area (Å²) in [6.07, 6.45) is 7.93. The molecule has 1 heterocycles. The first-order valence-corrected chi connectivity index (χ1v) is 6.97. The van der Waals surface area contributed by atoms with Gasteiger partial charge in [-0.25, -0.2) is 0 Å². The smallest absolute Gasteiger partial charge is 0.0537 e. The third-order valence-electron chi connectivity index (χ3n) is 4.49. The van der Waals surface area contributed by atoms with Gasteiger partial charge in [0.15, 0.2) is 0 Å². The monoisotopic (exact) mass is 255 g/mol. The predicted octanol–water partition coefficient (Wildman–Crippen LogP) is 2.80. The quantitative estimate of drug-likeness (QED) is 0.910. The highest BCUT2D eigenvalue weighted by Crippen LogP contribution is 2.51. The van der Waals surface area contributed by atoms with E-state index in [2.05, 4.69) is 54.0 Å². The molecule has 0 spiro atoms. The fraction of sp³-hybridized carbons (Fsp3) is 0.438. The molecule has 0 aliphatic heterocycles. The van der Waals surface area contributed by atoms with Gasteiger partial charge in [-0.05, 0) is 25.5 Å². The Labute approximate surface area is 114 Å². The summed E-state index contributed by atoms with van der Waals surface area (Å²) in [6.45, 7) is 0. The topological polar surface area (TPSA) is 29.9 Å². The molecule has 1 unspecified atom stereocenters. The first-order valence-electron chi connectivity index (χ1n) is 6.97. The van der Waals surface area contributed by atoms with E-state index in [1.54, 1.807) is 0 Å². The highest BCUT2D eigenvalue weighted by Gasteiger charge is 2.45. The molecule has 1 fully saturated rings. The average molecular weight is 255 g/mol. The molecule has 1 aromatic heterocycles. The number of nitrogens with zero attached hydrogens (tertiary/aromatic N) is 2. The van der Waals surface area contributed by atoms with Crippen LogP contribution in [0, 0.1) is 0 Å². The van der Waals surface area contributed by atoms with Crippen molar-refractivity contribution in [2.45, 2.75) is 30.7 Å². The van der Waals surface area contributed by atoms with Crippen molar-refractivity contribution >= 4 is 0 Å². The molecule has 0 radical (unpaired) electrons. The Hall–Kier alpha value is -1.61. The molecule has 1 aromatic carbocycles. The van der Waals surface area contributed by atoms with Crippen molar-refractivity contribution < 1.29 is 0 Å². The fourth-order valence-electron chi connectivity index (χ4n) is 3.42. The number of likely N-dealkylation sites (N-methyl/N-ethyl adjacent to an activating group) is 1. The lowest BCUT2D eigenvalue weighted by atomic mass is 9.59. The van der Waals surface area contributed by atoms with Crippen LogP contribution in [0.15, 0.2) is 42.7 Å². The Morgan fingerprint density at radius 1 is 1.26 bits per heavy atom. The van der Waals surface area contributed by atoms with E-state index in [1.807, 2.05) is 17.9 Å². The van der Waals surface area contributed by atoms with Crippen molar-refractivity contribution in [2.24, 2.45) is 7.05 Å². The first-order chi connectivity index (χ1) is 9.26. The van der Waals surface area contributed by atoms with Gasteiger partial charge in [0.25, 0.3) is 0 Å². The Kier molecular flexibility index (Phi) is 3.15. The zero-order valence-corrected chi connectivity index (χ0v) is 11.6. The number of aryl methyl sites for hydroxylation is 1. The van der Waals surface area contributed by atoms with Gasteiger partial charge in [-0.15, -0.1) is 0 Å². The predicted molar refractivity (Wildman–Crippen MR) is 77.0 cm³/mol. The van der Waals surface area contributed by atoms with Crippen LogP contribution in [0.1, 0.15) is 36.4 Å². The van der Waals surface area contributed by atoms with Crippen LogP contribution in [0.4, 0.5) is 0 Å². The minimum Gasteiger partial charge on any atom is -0.312 e. The molecule has 1 atom stereocenters. The number of benzene rings is 1. The van der Waals surface area contributed by atoms with Crippen LogP contribution in [0.2, 0.25) is 0 Å². The molecular weight excluding hydrogens is 234 g/mol. The molecule has 3 heteroatoms. The first kappa shape index (κ1) is 12.4. The number of nitrogens with one attached hydrogen (secondary N) is 1. The van der Waals surface area contributed by atoms with Crippen LogP contribution in [-0.4, -0.2) is 16.8 Å². The molecule has 0 bridgehead atoms. The van der Waals surface area contributed by atoms with E-state index >= 15 is 0 Å². The van der Waals surface area contributed by atoms with Crippen molar-refractivity contribution in [1.82, 2.24) is 15.1 Å². The van der Waals surface area contributed by atoms with Gasteiger partial charge in [-0.2, -0.15) is 5.10 Å². The molecule has 100 valence electrons. The number of hydrogen-bond donors (Lipinski definition) is 1. The van der Waals surface area contributed by atoms with Crippen LogP contribution in [0.25, 0.3) is 0 Å². The van der Waals surface area contributed by atoms with Crippen LogP contribution in [0.5, 0.6) is 0 Å². The van der Waals surface area contributed by atoms with E-state index in [1.165, 1.54) is 30.4 Å². The number of rotatable bonds is 4. The number of hydrogen-bond acceptors (Lipinski definition) is 2. The molecule has 19 heavy (non-hydrogen) atoms. The zero-order chi connectivity index (χ0) is 13.3.